The van der Waals surface area contributed by atoms with E-state index in [0.717, 1.165) is 5.02 Å². The van der Waals surface area contributed by atoms with Gasteiger partial charge in [-0.2, -0.15) is 0 Å². The highest BCUT2D eigenvalue weighted by Gasteiger charge is 1.93. The molecule has 0 nitrogen and oxygen atoms in total. The maximum Gasteiger partial charge on any atom is 0.288 e. The van der Waals surface area contributed by atoms with Gasteiger partial charge in [-0.1, -0.05) is 29.8 Å². The minimum Gasteiger partial charge on any atom is -0.144 e. The first kappa shape index (κ1) is 9.87. The van der Waals surface area contributed by atoms with Crippen LogP contribution in [0.25, 0.3) is 6.08 Å². The van der Waals surface area contributed by atoms with Crippen LogP contribution in [0.3, 0.4) is 0 Å². The third-order valence-electron chi connectivity index (χ3n) is 1.54. The Hall–Kier alpha value is -0.218. The van der Waals surface area contributed by atoms with Crippen molar-refractivity contribution in [2.24, 2.45) is 0 Å². The molecule has 0 heterocycles. The Morgan fingerprint density at radius 2 is 1.75 bits per heavy atom. The molecule has 0 saturated carbocycles. The Morgan fingerprint density at radius 3 is 2.25 bits per heavy atom. The van der Waals surface area contributed by atoms with Gasteiger partial charge in [0, 0.05) is 5.02 Å². The summed E-state index contributed by atoms with van der Waals surface area (Å²) in [5.41, 5.74) is 1.24. The molecule has 0 fully saturated rings. The van der Waals surface area contributed by atoms with Gasteiger partial charge in [0.05, 0.1) is 0 Å². The molecule has 1 rings (SSSR count). The Labute approximate surface area is 83.3 Å². The lowest BCUT2D eigenvalue weighted by molar-refractivity contribution is 1.66. The minimum absolute atomic E-state index is 0.566. The normalized spacial score (nSPS) is 10.6. The molecule has 0 aromatic heterocycles. The summed E-state index contributed by atoms with van der Waals surface area (Å²) in [5, 5.41) is 0.800. The average Bonchev–Trinajstić information content (AvgIpc) is 2.03. The van der Waals surface area contributed by atoms with Crippen LogP contribution in [0.5, 0.6) is 0 Å². The molecule has 62 valence electrons. The van der Waals surface area contributed by atoms with Crippen molar-refractivity contribution in [1.29, 1.82) is 0 Å². The van der Waals surface area contributed by atoms with Crippen LogP contribution in [0, 0.1) is 0 Å². The van der Waals surface area contributed by atoms with Gasteiger partial charge in [-0.25, -0.2) is 0 Å². The fourth-order valence-corrected chi connectivity index (χ4v) is 1.61. The van der Waals surface area contributed by atoms with Crippen LogP contribution in [-0.2, 0) is 0 Å². The van der Waals surface area contributed by atoms with Crippen molar-refractivity contribution in [2.45, 2.75) is 11.6 Å². The molecule has 0 saturated heterocycles. The largest absolute Gasteiger partial charge is 0.288 e. The molecule has 1 aromatic rings. The molecule has 12 heavy (non-hydrogen) atoms. The monoisotopic (exact) mass is 194 g/mol. The first-order chi connectivity index (χ1) is 5.68. The molecule has 0 aliphatic rings. The van der Waals surface area contributed by atoms with E-state index in [2.05, 4.69) is 22.6 Å². The van der Waals surface area contributed by atoms with Crippen molar-refractivity contribution in [3.05, 3.63) is 39.8 Å². The predicted molar refractivity (Wildman–Crippen MR) is 58.0 cm³/mol. The quantitative estimate of drug-likeness (QED) is 0.631. The highest BCUT2D eigenvalue weighted by Crippen LogP contribution is 2.10. The average molecular weight is 195 g/mol. The van der Waals surface area contributed by atoms with Gasteiger partial charge in [-0.3, -0.25) is 0 Å². The lowest BCUT2D eigenvalue weighted by Gasteiger charge is -1.93. The van der Waals surface area contributed by atoms with E-state index in [1.165, 1.54) is 5.56 Å². The molecule has 1 aromatic carbocycles. The molecule has 0 spiro atoms. The molecule has 0 bridgehead atoms. The SMILES string of the molecule is [CH3][Al]([CH3])/[CH]=C/c1ccc(Cl)cc1. The van der Waals surface area contributed by atoms with Crippen LogP contribution in [0.2, 0.25) is 16.6 Å². The molecule has 0 aliphatic carbocycles. The second-order valence-corrected chi connectivity index (χ2v) is 6.46. The Bertz CT molecular complexity index is 262. The third-order valence-corrected chi connectivity index (χ3v) is 2.76. The number of halogens is 1. The van der Waals surface area contributed by atoms with Crippen LogP contribution in [0.15, 0.2) is 29.2 Å². The highest BCUT2D eigenvalue weighted by molar-refractivity contribution is 6.62. The van der Waals surface area contributed by atoms with Crippen LogP contribution in [-0.4, -0.2) is 14.1 Å². The molecule has 0 aliphatic heterocycles. The van der Waals surface area contributed by atoms with Gasteiger partial charge in [0.1, 0.15) is 0 Å². The van der Waals surface area contributed by atoms with Crippen molar-refractivity contribution in [1.82, 2.24) is 0 Å². The summed E-state index contributed by atoms with van der Waals surface area (Å²) in [7, 11) is 0. The smallest absolute Gasteiger partial charge is 0.144 e. The van der Waals surface area contributed by atoms with Crippen molar-refractivity contribution in [2.75, 3.05) is 0 Å². The number of benzene rings is 1. The Morgan fingerprint density at radius 1 is 1.17 bits per heavy atom. The van der Waals surface area contributed by atoms with Crippen molar-refractivity contribution in [3.8, 4) is 0 Å². The summed E-state index contributed by atoms with van der Waals surface area (Å²) in [6.07, 6.45) is 2.17. The van der Waals surface area contributed by atoms with E-state index < -0.39 is 14.1 Å². The van der Waals surface area contributed by atoms with E-state index in [1.54, 1.807) is 0 Å². The van der Waals surface area contributed by atoms with Crippen LogP contribution in [0.4, 0.5) is 0 Å². The molecule has 0 atom stereocenters. The van der Waals surface area contributed by atoms with E-state index in [4.69, 9.17) is 11.6 Å². The lowest BCUT2D eigenvalue weighted by atomic mass is 10.2. The predicted octanol–water partition coefficient (Wildman–Crippen LogP) is 3.65. The zero-order valence-corrected chi connectivity index (χ0v) is 9.33. The number of hydrogen-bond donors (Lipinski definition) is 0. The van der Waals surface area contributed by atoms with Gasteiger partial charge in [0.25, 0.3) is 14.1 Å². The summed E-state index contributed by atoms with van der Waals surface area (Å²) in [5.74, 6) is 4.60. The van der Waals surface area contributed by atoms with Gasteiger partial charge in [0.15, 0.2) is 0 Å². The topological polar surface area (TPSA) is 0 Å². The van der Waals surface area contributed by atoms with Crippen molar-refractivity contribution < 1.29 is 0 Å². The van der Waals surface area contributed by atoms with E-state index in [-0.39, 0.29) is 0 Å². The van der Waals surface area contributed by atoms with Gasteiger partial charge in [-0.05, 0) is 17.7 Å². The van der Waals surface area contributed by atoms with E-state index in [1.807, 2.05) is 24.3 Å². The third kappa shape index (κ3) is 3.45. The molecular formula is C10H12AlCl. The molecule has 0 amide bonds. The minimum atomic E-state index is -0.566. The number of rotatable bonds is 2. The van der Waals surface area contributed by atoms with Crippen LogP contribution < -0.4 is 0 Å². The fourth-order valence-electron chi connectivity index (χ4n) is 0.877. The first-order valence-electron chi connectivity index (χ1n) is 4.12. The van der Waals surface area contributed by atoms with Crippen molar-refractivity contribution in [3.63, 3.8) is 0 Å². The Balaban J connectivity index is 2.71. The molecular weight excluding hydrogens is 183 g/mol. The Kier molecular flexibility index (Phi) is 3.88. The standard InChI is InChI=1S/C8H6Cl.2CH3.Al/c1-2-7-3-5-8(9)6-4-7;;;/h1-6H;2*1H3;. The summed E-state index contributed by atoms with van der Waals surface area (Å²) in [6.45, 7) is 0. The second kappa shape index (κ2) is 4.72. The van der Waals surface area contributed by atoms with Gasteiger partial charge < -0.3 is 0 Å². The molecule has 0 N–H and O–H groups in total. The molecule has 0 radical (unpaired) electrons. The maximum atomic E-state index is 5.76. The van der Waals surface area contributed by atoms with Crippen LogP contribution >= 0.6 is 11.6 Å². The molecule has 2 heteroatoms. The van der Waals surface area contributed by atoms with Gasteiger partial charge in [-0.15, -0.1) is 16.5 Å². The highest BCUT2D eigenvalue weighted by atomic mass is 35.5. The second-order valence-electron chi connectivity index (χ2n) is 3.15. The zero-order valence-electron chi connectivity index (χ0n) is 7.42. The van der Waals surface area contributed by atoms with Gasteiger partial charge in [0.2, 0.25) is 0 Å². The van der Waals surface area contributed by atoms with E-state index in [0.29, 0.717) is 0 Å². The lowest BCUT2D eigenvalue weighted by Crippen LogP contribution is -1.91. The zero-order chi connectivity index (χ0) is 8.97. The first-order valence-corrected chi connectivity index (χ1v) is 7.47. The summed E-state index contributed by atoms with van der Waals surface area (Å²) in [6, 6.07) is 7.91. The summed E-state index contributed by atoms with van der Waals surface area (Å²) in [4.78, 5) is 2.31. The van der Waals surface area contributed by atoms with Crippen molar-refractivity contribution >= 4 is 31.8 Å². The molecule has 0 unspecified atom stereocenters. The van der Waals surface area contributed by atoms with Crippen LogP contribution in [0.1, 0.15) is 5.56 Å². The fraction of sp³-hybridized carbons (Fsp3) is 0.200. The van der Waals surface area contributed by atoms with E-state index in [9.17, 15) is 0 Å². The summed E-state index contributed by atoms with van der Waals surface area (Å²) >= 11 is 5.19. The summed E-state index contributed by atoms with van der Waals surface area (Å²) < 4.78 is 0. The van der Waals surface area contributed by atoms with E-state index >= 15 is 0 Å². The number of hydrogen-bond acceptors (Lipinski definition) is 0. The van der Waals surface area contributed by atoms with Gasteiger partial charge >= 0.3 is 0 Å². The maximum absolute atomic E-state index is 5.76.